The van der Waals surface area contributed by atoms with E-state index >= 15 is 0 Å². The molecule has 118 valence electrons. The molecule has 3 rings (SSSR count). The molecular formula is C17H14O6. The Bertz CT molecular complexity index is 799. The molecule has 1 aromatic carbocycles. The molecular weight excluding hydrogens is 300 g/mol. The maximum Gasteiger partial charge on any atom is 0.373 e. The van der Waals surface area contributed by atoms with Crippen molar-refractivity contribution < 1.29 is 28.2 Å². The number of hydrogen-bond acceptors (Lipinski definition) is 6. The molecule has 0 amide bonds. The summed E-state index contributed by atoms with van der Waals surface area (Å²) in [5.74, 6) is 0.666. The molecule has 1 aliphatic heterocycles. The molecule has 2 aromatic rings. The zero-order valence-electron chi connectivity index (χ0n) is 12.6. The number of fused-ring (bicyclic) bond motifs is 1. The Labute approximate surface area is 132 Å². The third kappa shape index (κ3) is 2.70. The number of carbonyl (C=O) groups excluding carboxylic acids is 2. The van der Waals surface area contributed by atoms with Crippen molar-refractivity contribution >= 4 is 17.8 Å². The number of benzene rings is 1. The molecule has 0 N–H and O–H groups in total. The van der Waals surface area contributed by atoms with Crippen LogP contribution in [0.1, 0.15) is 26.7 Å². The molecule has 0 saturated heterocycles. The standard InChI is InChI=1S/C17H14O6/c1-20-13-5-3-4-12-15(18)10(9-22-16(12)13)8-11-6-7-14(23-11)17(19)21-2/h3-8H,9H2,1-2H3/b10-8-. The molecule has 2 heterocycles. The maximum atomic E-state index is 12.5. The van der Waals surface area contributed by atoms with Gasteiger partial charge in [-0.15, -0.1) is 0 Å². The van der Waals surface area contributed by atoms with Crippen LogP contribution in [0.4, 0.5) is 0 Å². The number of rotatable bonds is 3. The van der Waals surface area contributed by atoms with E-state index in [4.69, 9.17) is 13.9 Å². The smallest absolute Gasteiger partial charge is 0.373 e. The molecule has 0 bridgehead atoms. The van der Waals surface area contributed by atoms with Crippen LogP contribution >= 0.6 is 0 Å². The fraction of sp³-hybridized carbons (Fsp3) is 0.176. The molecule has 0 fully saturated rings. The number of carbonyl (C=O) groups is 2. The highest BCUT2D eigenvalue weighted by atomic mass is 16.5. The van der Waals surface area contributed by atoms with Crippen LogP contribution in [0, 0.1) is 0 Å². The topological polar surface area (TPSA) is 75.0 Å². The molecule has 6 heteroatoms. The number of ether oxygens (including phenoxy) is 3. The van der Waals surface area contributed by atoms with Gasteiger partial charge in [0.1, 0.15) is 12.4 Å². The molecule has 0 spiro atoms. The lowest BCUT2D eigenvalue weighted by molar-refractivity contribution is 0.0564. The lowest BCUT2D eigenvalue weighted by Gasteiger charge is -2.20. The highest BCUT2D eigenvalue weighted by molar-refractivity contribution is 6.14. The molecule has 0 radical (unpaired) electrons. The predicted molar refractivity (Wildman–Crippen MR) is 80.8 cm³/mol. The molecule has 1 aliphatic rings. The van der Waals surface area contributed by atoms with Gasteiger partial charge in [-0.05, 0) is 30.3 Å². The normalized spacial score (nSPS) is 15.0. The van der Waals surface area contributed by atoms with Crippen LogP contribution in [-0.4, -0.2) is 32.6 Å². The summed E-state index contributed by atoms with van der Waals surface area (Å²) in [7, 11) is 2.79. The summed E-state index contributed by atoms with van der Waals surface area (Å²) in [5, 5.41) is 0. The van der Waals surface area contributed by atoms with Gasteiger partial charge in [0.15, 0.2) is 17.3 Å². The van der Waals surface area contributed by atoms with Gasteiger partial charge >= 0.3 is 5.97 Å². The highest BCUT2D eigenvalue weighted by Gasteiger charge is 2.26. The third-order valence-corrected chi connectivity index (χ3v) is 3.44. The third-order valence-electron chi connectivity index (χ3n) is 3.44. The Balaban J connectivity index is 1.91. The molecule has 0 aliphatic carbocycles. The molecule has 0 unspecified atom stereocenters. The van der Waals surface area contributed by atoms with Crippen LogP contribution in [0.2, 0.25) is 0 Å². The predicted octanol–water partition coefficient (Wildman–Crippen LogP) is 2.73. The van der Waals surface area contributed by atoms with Gasteiger partial charge < -0.3 is 18.6 Å². The van der Waals surface area contributed by atoms with Crippen molar-refractivity contribution in [2.75, 3.05) is 20.8 Å². The van der Waals surface area contributed by atoms with Gasteiger partial charge in [0.05, 0.1) is 19.8 Å². The van der Waals surface area contributed by atoms with E-state index in [0.29, 0.717) is 28.4 Å². The first kappa shape index (κ1) is 14.9. The number of para-hydroxylation sites is 1. The summed E-state index contributed by atoms with van der Waals surface area (Å²) < 4.78 is 20.7. The van der Waals surface area contributed by atoms with Gasteiger partial charge in [-0.2, -0.15) is 0 Å². The van der Waals surface area contributed by atoms with Gasteiger partial charge in [-0.1, -0.05) is 6.07 Å². The summed E-state index contributed by atoms with van der Waals surface area (Å²) in [4.78, 5) is 23.9. The zero-order valence-corrected chi connectivity index (χ0v) is 12.6. The van der Waals surface area contributed by atoms with E-state index in [9.17, 15) is 9.59 Å². The van der Waals surface area contributed by atoms with Gasteiger partial charge in [-0.25, -0.2) is 4.79 Å². The average molecular weight is 314 g/mol. The summed E-state index contributed by atoms with van der Waals surface area (Å²) in [5.41, 5.74) is 0.859. The van der Waals surface area contributed by atoms with E-state index in [0.717, 1.165) is 0 Å². The van der Waals surface area contributed by atoms with Gasteiger partial charge in [0, 0.05) is 5.57 Å². The van der Waals surface area contributed by atoms with Crippen LogP contribution in [0.25, 0.3) is 6.08 Å². The second kappa shape index (κ2) is 6.00. The molecule has 23 heavy (non-hydrogen) atoms. The SMILES string of the molecule is COC(=O)c1ccc(/C=C2/COc3c(OC)cccc3C2=O)o1. The van der Waals surface area contributed by atoms with E-state index in [1.165, 1.54) is 20.3 Å². The van der Waals surface area contributed by atoms with Gasteiger partial charge in [-0.3, -0.25) is 4.79 Å². The van der Waals surface area contributed by atoms with Crippen molar-refractivity contribution in [3.63, 3.8) is 0 Å². The van der Waals surface area contributed by atoms with Crippen molar-refractivity contribution in [3.8, 4) is 11.5 Å². The first-order valence-corrected chi connectivity index (χ1v) is 6.87. The van der Waals surface area contributed by atoms with Crippen molar-refractivity contribution in [2.45, 2.75) is 0 Å². The lowest BCUT2D eigenvalue weighted by Crippen LogP contribution is -2.19. The second-order valence-corrected chi connectivity index (χ2v) is 4.82. The number of esters is 1. The Morgan fingerprint density at radius 3 is 2.78 bits per heavy atom. The van der Waals surface area contributed by atoms with E-state index in [1.54, 1.807) is 30.3 Å². The number of hydrogen-bond donors (Lipinski definition) is 0. The van der Waals surface area contributed by atoms with Gasteiger partial charge in [0.25, 0.3) is 0 Å². The van der Waals surface area contributed by atoms with Crippen LogP contribution in [0.3, 0.4) is 0 Å². The van der Waals surface area contributed by atoms with Gasteiger partial charge in [0.2, 0.25) is 5.76 Å². The first-order valence-electron chi connectivity index (χ1n) is 6.87. The minimum atomic E-state index is -0.573. The molecule has 0 atom stereocenters. The van der Waals surface area contributed by atoms with Crippen LogP contribution < -0.4 is 9.47 Å². The van der Waals surface area contributed by atoms with Crippen molar-refractivity contribution in [1.29, 1.82) is 0 Å². The lowest BCUT2D eigenvalue weighted by atomic mass is 9.99. The maximum absolute atomic E-state index is 12.5. The molecule has 6 nitrogen and oxygen atoms in total. The number of furan rings is 1. The molecule has 0 saturated carbocycles. The monoisotopic (exact) mass is 314 g/mol. The highest BCUT2D eigenvalue weighted by Crippen LogP contribution is 2.36. The van der Waals surface area contributed by atoms with Crippen molar-refractivity contribution in [1.82, 2.24) is 0 Å². The minimum Gasteiger partial charge on any atom is -0.493 e. The average Bonchev–Trinajstić information content (AvgIpc) is 3.05. The second-order valence-electron chi connectivity index (χ2n) is 4.82. The summed E-state index contributed by atoms with van der Waals surface area (Å²) in [6.07, 6.45) is 1.55. The Morgan fingerprint density at radius 1 is 1.22 bits per heavy atom. The fourth-order valence-corrected chi connectivity index (χ4v) is 2.31. The van der Waals surface area contributed by atoms with Crippen molar-refractivity contribution in [2.24, 2.45) is 0 Å². The number of methoxy groups -OCH3 is 2. The summed E-state index contributed by atoms with van der Waals surface area (Å²) in [6, 6.07) is 8.21. The van der Waals surface area contributed by atoms with E-state index in [1.807, 2.05) is 0 Å². The first-order chi connectivity index (χ1) is 11.1. The Kier molecular flexibility index (Phi) is 3.89. The minimum absolute atomic E-state index is 0.0746. The summed E-state index contributed by atoms with van der Waals surface area (Å²) in [6.45, 7) is 0.0977. The van der Waals surface area contributed by atoms with Crippen LogP contribution in [0.15, 0.2) is 40.3 Å². The van der Waals surface area contributed by atoms with Crippen LogP contribution in [-0.2, 0) is 4.74 Å². The molecule has 1 aromatic heterocycles. The number of Topliss-reactive ketones (excluding diaryl/α,β-unsaturated/α-hetero) is 1. The Morgan fingerprint density at radius 2 is 2.04 bits per heavy atom. The van der Waals surface area contributed by atoms with E-state index in [2.05, 4.69) is 4.74 Å². The number of ketones is 1. The zero-order chi connectivity index (χ0) is 16.4. The Hall–Kier alpha value is -3.02. The summed E-state index contributed by atoms with van der Waals surface area (Å²) >= 11 is 0. The van der Waals surface area contributed by atoms with Crippen LogP contribution in [0.5, 0.6) is 11.5 Å². The van der Waals surface area contributed by atoms with E-state index < -0.39 is 5.97 Å². The van der Waals surface area contributed by atoms with E-state index in [-0.39, 0.29) is 18.2 Å². The largest absolute Gasteiger partial charge is 0.493 e. The fourth-order valence-electron chi connectivity index (χ4n) is 2.31. The van der Waals surface area contributed by atoms with Crippen molar-refractivity contribution in [3.05, 3.63) is 53.0 Å². The quantitative estimate of drug-likeness (QED) is 0.640.